The maximum absolute atomic E-state index is 5.52. The highest BCUT2D eigenvalue weighted by molar-refractivity contribution is 4.68. The SMILES string of the molecule is C=CCCCCCC(CCOCCOC)NCC. The summed E-state index contributed by atoms with van der Waals surface area (Å²) in [5.74, 6) is 0. The smallest absolute Gasteiger partial charge is 0.0700 e. The normalized spacial score (nSPS) is 12.6. The quantitative estimate of drug-likeness (QED) is 0.383. The predicted octanol–water partition coefficient (Wildman–Crippen LogP) is 3.15. The van der Waals surface area contributed by atoms with Crippen LogP contribution in [-0.2, 0) is 9.47 Å². The molecule has 0 aromatic heterocycles. The summed E-state index contributed by atoms with van der Waals surface area (Å²) < 4.78 is 10.5. The van der Waals surface area contributed by atoms with Gasteiger partial charge in [-0.05, 0) is 32.2 Å². The minimum Gasteiger partial charge on any atom is -0.382 e. The number of hydrogen-bond donors (Lipinski definition) is 1. The van der Waals surface area contributed by atoms with E-state index in [0.717, 1.165) is 26.0 Å². The average Bonchev–Trinajstić information content (AvgIpc) is 2.38. The van der Waals surface area contributed by atoms with Crippen LogP contribution < -0.4 is 5.32 Å². The Labute approximate surface area is 113 Å². The van der Waals surface area contributed by atoms with Crippen molar-refractivity contribution < 1.29 is 9.47 Å². The van der Waals surface area contributed by atoms with Crippen molar-refractivity contribution in [1.29, 1.82) is 0 Å². The van der Waals surface area contributed by atoms with Crippen molar-refractivity contribution in [1.82, 2.24) is 5.32 Å². The Morgan fingerprint density at radius 1 is 1.11 bits per heavy atom. The highest BCUT2D eigenvalue weighted by Gasteiger charge is 2.06. The van der Waals surface area contributed by atoms with Gasteiger partial charge in [0.2, 0.25) is 0 Å². The molecule has 0 bridgehead atoms. The van der Waals surface area contributed by atoms with Crippen LogP contribution in [0.2, 0.25) is 0 Å². The fraction of sp³-hybridized carbons (Fsp3) is 0.867. The van der Waals surface area contributed by atoms with Crippen LogP contribution in [0.3, 0.4) is 0 Å². The molecule has 0 aromatic rings. The Bertz CT molecular complexity index is 174. The lowest BCUT2D eigenvalue weighted by atomic mass is 10.0. The third kappa shape index (κ3) is 12.1. The number of rotatable bonds is 14. The summed E-state index contributed by atoms with van der Waals surface area (Å²) in [6, 6.07) is 0.598. The number of allylic oxidation sites excluding steroid dienone is 1. The van der Waals surface area contributed by atoms with Gasteiger partial charge in [0.05, 0.1) is 13.2 Å². The van der Waals surface area contributed by atoms with Gasteiger partial charge in [-0.2, -0.15) is 0 Å². The third-order valence-corrected chi connectivity index (χ3v) is 3.00. The van der Waals surface area contributed by atoms with E-state index in [4.69, 9.17) is 9.47 Å². The lowest BCUT2D eigenvalue weighted by Gasteiger charge is -2.17. The highest BCUT2D eigenvalue weighted by atomic mass is 16.5. The van der Waals surface area contributed by atoms with E-state index >= 15 is 0 Å². The second kappa shape index (κ2) is 14.7. The van der Waals surface area contributed by atoms with Crippen molar-refractivity contribution in [3.8, 4) is 0 Å². The Morgan fingerprint density at radius 2 is 1.94 bits per heavy atom. The van der Waals surface area contributed by atoms with Crippen LogP contribution in [0.5, 0.6) is 0 Å². The summed E-state index contributed by atoms with van der Waals surface area (Å²) in [5, 5.41) is 3.53. The minimum absolute atomic E-state index is 0.598. The van der Waals surface area contributed by atoms with Gasteiger partial charge in [-0.15, -0.1) is 6.58 Å². The van der Waals surface area contributed by atoms with E-state index in [0.29, 0.717) is 19.3 Å². The first-order valence-electron chi connectivity index (χ1n) is 7.26. The van der Waals surface area contributed by atoms with Crippen molar-refractivity contribution in [3.05, 3.63) is 12.7 Å². The van der Waals surface area contributed by atoms with Crippen LogP contribution in [0.25, 0.3) is 0 Å². The Balaban J connectivity index is 3.48. The van der Waals surface area contributed by atoms with Gasteiger partial charge in [0.1, 0.15) is 0 Å². The summed E-state index contributed by atoms with van der Waals surface area (Å²) in [6.07, 6.45) is 9.36. The first-order valence-corrected chi connectivity index (χ1v) is 7.26. The standard InChI is InChI=1S/C15H31NO2/c1-4-6-7-8-9-10-15(16-5-2)11-12-18-14-13-17-3/h4,15-16H,1,5-14H2,2-3H3. The number of unbranched alkanes of at least 4 members (excludes halogenated alkanes) is 3. The molecule has 1 atom stereocenters. The number of hydrogen-bond acceptors (Lipinski definition) is 3. The molecule has 0 saturated carbocycles. The van der Waals surface area contributed by atoms with Gasteiger partial charge >= 0.3 is 0 Å². The van der Waals surface area contributed by atoms with Crippen LogP contribution in [0.15, 0.2) is 12.7 Å². The van der Waals surface area contributed by atoms with Crippen molar-refractivity contribution in [2.75, 3.05) is 33.5 Å². The maximum Gasteiger partial charge on any atom is 0.0700 e. The molecule has 1 unspecified atom stereocenters. The topological polar surface area (TPSA) is 30.5 Å². The lowest BCUT2D eigenvalue weighted by molar-refractivity contribution is 0.0654. The summed E-state index contributed by atoms with van der Waals surface area (Å²) in [5.41, 5.74) is 0. The summed E-state index contributed by atoms with van der Waals surface area (Å²) >= 11 is 0. The Hall–Kier alpha value is -0.380. The molecule has 18 heavy (non-hydrogen) atoms. The Kier molecular flexibility index (Phi) is 14.4. The van der Waals surface area contributed by atoms with Gasteiger partial charge in [-0.25, -0.2) is 0 Å². The van der Waals surface area contributed by atoms with Gasteiger partial charge < -0.3 is 14.8 Å². The molecule has 0 saturated heterocycles. The van der Waals surface area contributed by atoms with Gasteiger partial charge in [-0.1, -0.05) is 25.8 Å². The Morgan fingerprint density at radius 3 is 2.61 bits per heavy atom. The molecule has 0 rings (SSSR count). The van der Waals surface area contributed by atoms with E-state index in [2.05, 4.69) is 18.8 Å². The van der Waals surface area contributed by atoms with Crippen LogP contribution in [0.4, 0.5) is 0 Å². The van der Waals surface area contributed by atoms with Gasteiger partial charge in [0.15, 0.2) is 0 Å². The summed E-state index contributed by atoms with van der Waals surface area (Å²) in [7, 11) is 1.70. The predicted molar refractivity (Wildman–Crippen MR) is 78.1 cm³/mol. The third-order valence-electron chi connectivity index (χ3n) is 3.00. The highest BCUT2D eigenvalue weighted by Crippen LogP contribution is 2.08. The molecule has 0 aromatic carbocycles. The largest absolute Gasteiger partial charge is 0.382 e. The molecule has 0 radical (unpaired) electrons. The molecule has 3 heteroatoms. The van der Waals surface area contributed by atoms with Crippen molar-refractivity contribution >= 4 is 0 Å². The molecule has 0 fully saturated rings. The molecule has 3 nitrogen and oxygen atoms in total. The monoisotopic (exact) mass is 257 g/mol. The summed E-state index contributed by atoms with van der Waals surface area (Å²) in [4.78, 5) is 0. The lowest BCUT2D eigenvalue weighted by Crippen LogP contribution is -2.30. The van der Waals surface area contributed by atoms with E-state index in [-0.39, 0.29) is 0 Å². The van der Waals surface area contributed by atoms with Crippen LogP contribution in [0, 0.1) is 0 Å². The maximum atomic E-state index is 5.52. The zero-order valence-electron chi connectivity index (χ0n) is 12.2. The first-order chi connectivity index (χ1) is 8.85. The fourth-order valence-electron chi connectivity index (χ4n) is 1.96. The molecule has 0 aliphatic rings. The van der Waals surface area contributed by atoms with E-state index in [9.17, 15) is 0 Å². The van der Waals surface area contributed by atoms with Gasteiger partial charge in [-0.3, -0.25) is 0 Å². The fourth-order valence-corrected chi connectivity index (χ4v) is 1.96. The molecule has 1 N–H and O–H groups in total. The molecule has 0 heterocycles. The zero-order chi connectivity index (χ0) is 13.5. The zero-order valence-corrected chi connectivity index (χ0v) is 12.2. The number of nitrogens with one attached hydrogen (secondary N) is 1. The van der Waals surface area contributed by atoms with Gasteiger partial charge in [0.25, 0.3) is 0 Å². The van der Waals surface area contributed by atoms with E-state index in [1.165, 1.54) is 25.7 Å². The van der Waals surface area contributed by atoms with E-state index in [1.54, 1.807) is 7.11 Å². The van der Waals surface area contributed by atoms with Crippen molar-refractivity contribution in [3.63, 3.8) is 0 Å². The summed E-state index contributed by atoms with van der Waals surface area (Å²) in [6.45, 7) is 9.17. The first kappa shape index (κ1) is 17.6. The van der Waals surface area contributed by atoms with Crippen LogP contribution in [0.1, 0.15) is 45.4 Å². The number of methoxy groups -OCH3 is 1. The molecule has 108 valence electrons. The van der Waals surface area contributed by atoms with Crippen molar-refractivity contribution in [2.45, 2.75) is 51.5 Å². The van der Waals surface area contributed by atoms with Crippen LogP contribution in [-0.4, -0.2) is 39.5 Å². The van der Waals surface area contributed by atoms with Crippen LogP contribution >= 0.6 is 0 Å². The second-order valence-electron chi connectivity index (χ2n) is 4.58. The molecule has 0 aliphatic heterocycles. The average molecular weight is 257 g/mol. The van der Waals surface area contributed by atoms with E-state index in [1.807, 2.05) is 6.08 Å². The molecular formula is C15H31NO2. The molecule has 0 amide bonds. The second-order valence-corrected chi connectivity index (χ2v) is 4.58. The van der Waals surface area contributed by atoms with Crippen molar-refractivity contribution in [2.24, 2.45) is 0 Å². The number of ether oxygens (including phenoxy) is 2. The van der Waals surface area contributed by atoms with E-state index < -0.39 is 0 Å². The molecular weight excluding hydrogens is 226 g/mol. The van der Waals surface area contributed by atoms with Gasteiger partial charge in [0, 0.05) is 19.8 Å². The molecule has 0 aliphatic carbocycles. The minimum atomic E-state index is 0.598. The molecule has 0 spiro atoms.